The fourth-order valence-electron chi connectivity index (χ4n) is 2.68. The molecule has 1 unspecified atom stereocenters. The van der Waals surface area contributed by atoms with Gasteiger partial charge in [-0.05, 0) is 48.9 Å². The minimum absolute atomic E-state index is 0.153. The van der Waals surface area contributed by atoms with Crippen LogP contribution in [-0.2, 0) is 4.74 Å². The van der Waals surface area contributed by atoms with Crippen LogP contribution >= 0.6 is 11.8 Å². The molecule has 1 atom stereocenters. The summed E-state index contributed by atoms with van der Waals surface area (Å²) in [6.07, 6.45) is 4.54. The average Bonchev–Trinajstić information content (AvgIpc) is 3.22. The number of nitrogens with zero attached hydrogens (tertiary/aromatic N) is 1. The lowest BCUT2D eigenvalue weighted by molar-refractivity contribution is 0.0499. The first kappa shape index (κ1) is 20.2. The molecule has 148 valence electrons. The van der Waals surface area contributed by atoms with E-state index < -0.39 is 0 Å². The number of carbonyl (C=O) groups is 2. The Balaban J connectivity index is 1.57. The van der Waals surface area contributed by atoms with Gasteiger partial charge in [-0.2, -0.15) is 11.8 Å². The van der Waals surface area contributed by atoms with E-state index in [1.807, 2.05) is 18.7 Å². The van der Waals surface area contributed by atoms with Crippen molar-refractivity contribution in [3.05, 3.63) is 53.7 Å². The number of benzene rings is 1. The summed E-state index contributed by atoms with van der Waals surface area (Å²) in [4.78, 5) is 28.6. The molecule has 7 heteroatoms. The molecule has 6 nitrogen and oxygen atoms in total. The van der Waals surface area contributed by atoms with Crippen LogP contribution in [0.4, 0.5) is 5.69 Å². The lowest BCUT2D eigenvalue weighted by Gasteiger charge is -2.12. The summed E-state index contributed by atoms with van der Waals surface area (Å²) in [5, 5.41) is 2.82. The molecule has 0 bridgehead atoms. The number of rotatable bonds is 8. The summed E-state index contributed by atoms with van der Waals surface area (Å²) in [5.74, 6) is 1.89. The van der Waals surface area contributed by atoms with E-state index in [1.54, 1.807) is 42.6 Å². The molecule has 1 fully saturated rings. The molecule has 1 saturated heterocycles. The van der Waals surface area contributed by atoms with Crippen molar-refractivity contribution in [3.8, 4) is 5.88 Å². The number of esters is 1. The second kappa shape index (κ2) is 10.1. The summed E-state index contributed by atoms with van der Waals surface area (Å²) in [5.41, 5.74) is 1.53. The van der Waals surface area contributed by atoms with Crippen molar-refractivity contribution in [2.24, 2.45) is 0 Å². The number of amides is 1. The molecule has 1 aromatic heterocycles. The Hall–Kier alpha value is -2.54. The largest absolute Gasteiger partial charge is 0.473 e. The van der Waals surface area contributed by atoms with E-state index in [0.717, 1.165) is 30.8 Å². The Morgan fingerprint density at radius 2 is 2.04 bits per heavy atom. The molecule has 1 aromatic carbocycles. The highest BCUT2D eigenvalue weighted by atomic mass is 32.2. The lowest BCUT2D eigenvalue weighted by atomic mass is 10.2. The maximum atomic E-state index is 12.5. The molecule has 3 rings (SSSR count). The summed E-state index contributed by atoms with van der Waals surface area (Å²) in [6.45, 7) is 2.46. The lowest BCUT2D eigenvalue weighted by Crippen LogP contribution is -2.17. The third-order valence-electron chi connectivity index (χ3n) is 4.28. The molecule has 1 aliphatic rings. The number of ether oxygens (including phenoxy) is 2. The smallest absolute Gasteiger partial charge is 0.338 e. The predicted molar refractivity (Wildman–Crippen MR) is 110 cm³/mol. The molecule has 0 saturated carbocycles. The maximum Gasteiger partial charge on any atom is 0.338 e. The van der Waals surface area contributed by atoms with Gasteiger partial charge >= 0.3 is 5.97 Å². The molecular formula is C21H24N2O4S. The molecule has 0 spiro atoms. The van der Waals surface area contributed by atoms with Crippen LogP contribution in [0.3, 0.4) is 0 Å². The van der Waals surface area contributed by atoms with Crippen molar-refractivity contribution in [1.82, 2.24) is 4.98 Å². The summed E-state index contributed by atoms with van der Waals surface area (Å²) in [6, 6.07) is 9.94. The summed E-state index contributed by atoms with van der Waals surface area (Å²) < 4.78 is 11.0. The van der Waals surface area contributed by atoms with Crippen LogP contribution in [0, 0.1) is 0 Å². The van der Waals surface area contributed by atoms with E-state index in [4.69, 9.17) is 9.47 Å². The van der Waals surface area contributed by atoms with Gasteiger partial charge in [-0.25, -0.2) is 9.78 Å². The monoisotopic (exact) mass is 400 g/mol. The van der Waals surface area contributed by atoms with Crippen LogP contribution in [-0.4, -0.2) is 41.1 Å². The van der Waals surface area contributed by atoms with Crippen LogP contribution < -0.4 is 10.1 Å². The number of hydrogen-bond acceptors (Lipinski definition) is 6. The highest BCUT2D eigenvalue weighted by molar-refractivity contribution is 7.99. The predicted octanol–water partition coefficient (Wildman–Crippen LogP) is 4.18. The molecule has 28 heavy (non-hydrogen) atoms. The van der Waals surface area contributed by atoms with Crippen molar-refractivity contribution in [1.29, 1.82) is 0 Å². The van der Waals surface area contributed by atoms with Crippen molar-refractivity contribution >= 4 is 29.3 Å². The van der Waals surface area contributed by atoms with Gasteiger partial charge in [-0.1, -0.05) is 13.3 Å². The van der Waals surface area contributed by atoms with Gasteiger partial charge in [0.2, 0.25) is 5.88 Å². The van der Waals surface area contributed by atoms with Crippen LogP contribution in [0.5, 0.6) is 5.88 Å². The van der Waals surface area contributed by atoms with Crippen molar-refractivity contribution in [2.45, 2.75) is 32.3 Å². The standard InChI is InChI=1S/C21H24N2O4S/c1-2-3-11-26-21(25)15-4-6-17(7-5-15)23-20(24)16-8-10-22-19(13-16)27-18-9-12-28-14-18/h4-8,10,13,18H,2-3,9,11-12,14H2,1H3,(H,23,24). The number of anilines is 1. The van der Waals surface area contributed by atoms with E-state index >= 15 is 0 Å². The molecule has 0 radical (unpaired) electrons. The van der Waals surface area contributed by atoms with E-state index in [0.29, 0.717) is 29.3 Å². The number of carbonyl (C=O) groups excluding carboxylic acids is 2. The summed E-state index contributed by atoms with van der Waals surface area (Å²) in [7, 11) is 0. The van der Waals surface area contributed by atoms with Crippen LogP contribution in [0.25, 0.3) is 0 Å². The fraction of sp³-hybridized carbons (Fsp3) is 0.381. The first-order valence-electron chi connectivity index (χ1n) is 9.44. The summed E-state index contributed by atoms with van der Waals surface area (Å²) >= 11 is 1.86. The van der Waals surface area contributed by atoms with Crippen molar-refractivity contribution < 1.29 is 19.1 Å². The molecular weight excluding hydrogens is 376 g/mol. The quantitative estimate of drug-likeness (QED) is 0.529. The zero-order valence-electron chi connectivity index (χ0n) is 15.8. The Morgan fingerprint density at radius 3 is 2.75 bits per heavy atom. The van der Waals surface area contributed by atoms with Gasteiger partial charge in [0.25, 0.3) is 5.91 Å². The first-order chi connectivity index (χ1) is 13.7. The fourth-order valence-corrected chi connectivity index (χ4v) is 3.77. The average molecular weight is 401 g/mol. The minimum Gasteiger partial charge on any atom is -0.473 e. The molecule has 1 aliphatic heterocycles. The Morgan fingerprint density at radius 1 is 1.21 bits per heavy atom. The van der Waals surface area contributed by atoms with Crippen molar-refractivity contribution in [2.75, 3.05) is 23.4 Å². The SMILES string of the molecule is CCCCOC(=O)c1ccc(NC(=O)c2ccnc(OC3CCSC3)c2)cc1. The van der Waals surface area contributed by atoms with Gasteiger partial charge in [-0.15, -0.1) is 0 Å². The van der Waals surface area contributed by atoms with Crippen LogP contribution in [0.15, 0.2) is 42.6 Å². The third kappa shape index (κ3) is 5.73. The third-order valence-corrected chi connectivity index (χ3v) is 5.41. The van der Waals surface area contributed by atoms with Gasteiger partial charge < -0.3 is 14.8 Å². The first-order valence-corrected chi connectivity index (χ1v) is 10.6. The number of thioether (sulfide) groups is 1. The number of nitrogens with one attached hydrogen (secondary N) is 1. The van der Waals surface area contributed by atoms with E-state index in [2.05, 4.69) is 10.3 Å². The van der Waals surface area contributed by atoms with Gasteiger partial charge in [-0.3, -0.25) is 4.79 Å². The molecule has 1 amide bonds. The highest BCUT2D eigenvalue weighted by Crippen LogP contribution is 2.22. The second-order valence-electron chi connectivity index (χ2n) is 6.51. The van der Waals surface area contributed by atoms with Gasteiger partial charge in [0.05, 0.1) is 12.2 Å². The number of aromatic nitrogens is 1. The Kier molecular flexibility index (Phi) is 7.31. The second-order valence-corrected chi connectivity index (χ2v) is 7.66. The Labute approximate surface area is 169 Å². The van der Waals surface area contributed by atoms with Gasteiger partial charge in [0.1, 0.15) is 6.10 Å². The van der Waals surface area contributed by atoms with Crippen LogP contribution in [0.2, 0.25) is 0 Å². The van der Waals surface area contributed by atoms with E-state index in [1.165, 1.54) is 0 Å². The molecule has 0 aliphatic carbocycles. The maximum absolute atomic E-state index is 12.5. The van der Waals surface area contributed by atoms with E-state index in [-0.39, 0.29) is 18.0 Å². The molecule has 2 aromatic rings. The van der Waals surface area contributed by atoms with Crippen LogP contribution in [0.1, 0.15) is 46.9 Å². The topological polar surface area (TPSA) is 77.5 Å². The normalized spacial score (nSPS) is 15.8. The zero-order chi connectivity index (χ0) is 19.8. The highest BCUT2D eigenvalue weighted by Gasteiger charge is 2.18. The van der Waals surface area contributed by atoms with Crippen molar-refractivity contribution in [3.63, 3.8) is 0 Å². The number of hydrogen-bond donors (Lipinski definition) is 1. The number of unbranched alkanes of at least 4 members (excludes halogenated alkanes) is 1. The minimum atomic E-state index is -0.354. The Bertz CT molecular complexity index is 804. The van der Waals surface area contributed by atoms with E-state index in [9.17, 15) is 9.59 Å². The number of pyridine rings is 1. The van der Waals surface area contributed by atoms with Gasteiger partial charge in [0, 0.05) is 29.3 Å². The van der Waals surface area contributed by atoms with Gasteiger partial charge in [0.15, 0.2) is 0 Å². The molecule has 1 N–H and O–H groups in total. The molecule has 2 heterocycles. The zero-order valence-corrected chi connectivity index (χ0v) is 16.7.